The minimum Gasteiger partial charge on any atom is -0.495 e. The number of benzene rings is 1. The lowest BCUT2D eigenvalue weighted by Gasteiger charge is -2.25. The minimum absolute atomic E-state index is 0.301. The highest BCUT2D eigenvalue weighted by atomic mass is 16.5. The second-order valence-electron chi connectivity index (χ2n) is 3.78. The van der Waals surface area contributed by atoms with Crippen LogP contribution >= 0.6 is 0 Å². The number of nitriles is 1. The van der Waals surface area contributed by atoms with Crippen LogP contribution < -0.4 is 15.4 Å². The van der Waals surface area contributed by atoms with E-state index in [1.54, 1.807) is 7.11 Å². The number of hydrogen-bond acceptors (Lipinski definition) is 4. The number of rotatable bonds is 2. The van der Waals surface area contributed by atoms with Gasteiger partial charge in [-0.2, -0.15) is 5.26 Å². The zero-order chi connectivity index (χ0) is 11.4. The summed E-state index contributed by atoms with van der Waals surface area (Å²) in [6, 6.07) is 8.14. The van der Waals surface area contributed by atoms with Gasteiger partial charge in [0.2, 0.25) is 0 Å². The van der Waals surface area contributed by atoms with Crippen molar-refractivity contribution in [2.45, 2.75) is 6.04 Å². The molecule has 84 valence electrons. The summed E-state index contributed by atoms with van der Waals surface area (Å²) in [5.74, 6) is 0.646. The first-order chi connectivity index (χ1) is 7.85. The molecule has 0 radical (unpaired) electrons. The SMILES string of the molecule is COc1cc([C@H]2CNCCN2)ccc1C#N. The van der Waals surface area contributed by atoms with E-state index >= 15 is 0 Å². The maximum absolute atomic E-state index is 8.89. The Labute approximate surface area is 95.2 Å². The molecule has 1 saturated heterocycles. The summed E-state index contributed by atoms with van der Waals surface area (Å²) >= 11 is 0. The molecule has 4 nitrogen and oxygen atoms in total. The van der Waals surface area contributed by atoms with E-state index in [0.29, 0.717) is 17.4 Å². The Morgan fingerprint density at radius 3 is 2.94 bits per heavy atom. The molecule has 0 bridgehead atoms. The largest absolute Gasteiger partial charge is 0.495 e. The van der Waals surface area contributed by atoms with Crippen LogP contribution in [0.5, 0.6) is 5.75 Å². The summed E-state index contributed by atoms with van der Waals surface area (Å²) in [6.07, 6.45) is 0. The molecule has 0 saturated carbocycles. The van der Waals surface area contributed by atoms with Crippen molar-refractivity contribution < 1.29 is 4.74 Å². The zero-order valence-corrected chi connectivity index (χ0v) is 9.29. The van der Waals surface area contributed by atoms with E-state index in [9.17, 15) is 0 Å². The van der Waals surface area contributed by atoms with Gasteiger partial charge in [0.25, 0.3) is 0 Å². The van der Waals surface area contributed by atoms with Gasteiger partial charge < -0.3 is 15.4 Å². The number of ether oxygens (including phenoxy) is 1. The fourth-order valence-electron chi connectivity index (χ4n) is 1.91. The number of piperazine rings is 1. The van der Waals surface area contributed by atoms with E-state index in [2.05, 4.69) is 16.7 Å². The Kier molecular flexibility index (Phi) is 3.40. The Bertz CT molecular complexity index is 405. The van der Waals surface area contributed by atoms with E-state index in [0.717, 1.165) is 25.2 Å². The fourth-order valence-corrected chi connectivity index (χ4v) is 1.91. The molecule has 0 spiro atoms. The van der Waals surface area contributed by atoms with Crippen LogP contribution in [0, 0.1) is 11.3 Å². The monoisotopic (exact) mass is 217 g/mol. The van der Waals surface area contributed by atoms with Gasteiger partial charge in [0.05, 0.1) is 12.7 Å². The van der Waals surface area contributed by atoms with Crippen LogP contribution in [0.25, 0.3) is 0 Å². The molecule has 4 heteroatoms. The molecule has 1 fully saturated rings. The minimum atomic E-state index is 0.301. The third kappa shape index (κ3) is 2.16. The summed E-state index contributed by atoms with van der Waals surface area (Å²) in [5.41, 5.74) is 1.73. The molecule has 0 amide bonds. The van der Waals surface area contributed by atoms with Gasteiger partial charge in [-0.15, -0.1) is 0 Å². The first-order valence-electron chi connectivity index (χ1n) is 5.37. The Balaban J connectivity index is 2.25. The maximum Gasteiger partial charge on any atom is 0.136 e. The highest BCUT2D eigenvalue weighted by molar-refractivity contribution is 5.46. The molecule has 1 aliphatic heterocycles. The summed E-state index contributed by atoms with van der Waals surface area (Å²) in [7, 11) is 1.59. The van der Waals surface area contributed by atoms with Crippen molar-refractivity contribution in [3.8, 4) is 11.8 Å². The predicted octanol–water partition coefficient (Wildman–Crippen LogP) is 0.801. The molecular weight excluding hydrogens is 202 g/mol. The van der Waals surface area contributed by atoms with Gasteiger partial charge in [-0.3, -0.25) is 0 Å². The highest BCUT2D eigenvalue weighted by Gasteiger charge is 2.15. The summed E-state index contributed by atoms with van der Waals surface area (Å²) in [6.45, 7) is 2.88. The zero-order valence-electron chi connectivity index (χ0n) is 9.29. The Morgan fingerprint density at radius 2 is 2.31 bits per heavy atom. The molecule has 1 heterocycles. The number of methoxy groups -OCH3 is 1. The van der Waals surface area contributed by atoms with Gasteiger partial charge in [-0.05, 0) is 17.7 Å². The molecule has 2 N–H and O–H groups in total. The lowest BCUT2D eigenvalue weighted by atomic mass is 10.0. The van der Waals surface area contributed by atoms with E-state index in [1.807, 2.05) is 18.2 Å². The van der Waals surface area contributed by atoms with Crippen molar-refractivity contribution >= 4 is 0 Å². The molecule has 0 aromatic heterocycles. The van der Waals surface area contributed by atoms with Crippen LogP contribution in [0.15, 0.2) is 18.2 Å². The fraction of sp³-hybridized carbons (Fsp3) is 0.417. The smallest absolute Gasteiger partial charge is 0.136 e. The van der Waals surface area contributed by atoms with Crippen LogP contribution in [0.2, 0.25) is 0 Å². The van der Waals surface area contributed by atoms with Gasteiger partial charge in [0, 0.05) is 25.7 Å². The molecule has 2 rings (SSSR count). The number of nitrogens with zero attached hydrogens (tertiary/aromatic N) is 1. The first-order valence-corrected chi connectivity index (χ1v) is 5.37. The van der Waals surface area contributed by atoms with Gasteiger partial charge in [-0.25, -0.2) is 0 Å². The lowest BCUT2D eigenvalue weighted by Crippen LogP contribution is -2.42. The molecule has 0 unspecified atom stereocenters. The molecule has 1 aromatic carbocycles. The predicted molar refractivity (Wildman–Crippen MR) is 61.3 cm³/mol. The summed E-state index contributed by atoms with van der Waals surface area (Å²) in [4.78, 5) is 0. The number of hydrogen-bond donors (Lipinski definition) is 2. The quantitative estimate of drug-likeness (QED) is 0.769. The summed E-state index contributed by atoms with van der Waals surface area (Å²) in [5, 5.41) is 15.6. The Hall–Kier alpha value is -1.57. The molecule has 0 aliphatic carbocycles. The maximum atomic E-state index is 8.89. The average molecular weight is 217 g/mol. The molecule has 16 heavy (non-hydrogen) atoms. The summed E-state index contributed by atoms with van der Waals surface area (Å²) < 4.78 is 5.20. The van der Waals surface area contributed by atoms with Crippen LogP contribution in [-0.2, 0) is 0 Å². The highest BCUT2D eigenvalue weighted by Crippen LogP contribution is 2.23. The molecular formula is C12H15N3O. The molecule has 1 aliphatic rings. The van der Waals surface area contributed by atoms with E-state index in [1.165, 1.54) is 0 Å². The van der Waals surface area contributed by atoms with Crippen molar-refractivity contribution in [2.24, 2.45) is 0 Å². The van der Waals surface area contributed by atoms with Crippen molar-refractivity contribution in [3.05, 3.63) is 29.3 Å². The van der Waals surface area contributed by atoms with Crippen molar-refractivity contribution in [2.75, 3.05) is 26.7 Å². The van der Waals surface area contributed by atoms with Gasteiger partial charge >= 0.3 is 0 Å². The van der Waals surface area contributed by atoms with Crippen molar-refractivity contribution in [3.63, 3.8) is 0 Å². The second kappa shape index (κ2) is 4.97. The first kappa shape index (κ1) is 10.9. The lowest BCUT2D eigenvalue weighted by molar-refractivity contribution is 0.406. The number of nitrogens with one attached hydrogen (secondary N) is 2. The molecule has 1 atom stereocenters. The standard InChI is InChI=1S/C12H15N3O/c1-16-12-6-9(2-3-10(12)7-13)11-8-14-4-5-15-11/h2-3,6,11,14-15H,4-5,8H2,1H3/t11-/m1/s1. The van der Waals surface area contributed by atoms with E-state index in [4.69, 9.17) is 10.00 Å². The third-order valence-corrected chi connectivity index (χ3v) is 2.79. The average Bonchev–Trinajstić information content (AvgIpc) is 2.39. The topological polar surface area (TPSA) is 57.1 Å². The van der Waals surface area contributed by atoms with Crippen LogP contribution in [-0.4, -0.2) is 26.7 Å². The van der Waals surface area contributed by atoms with Gasteiger partial charge in [-0.1, -0.05) is 6.07 Å². The Morgan fingerprint density at radius 1 is 1.44 bits per heavy atom. The normalized spacial score (nSPS) is 20.1. The second-order valence-corrected chi connectivity index (χ2v) is 3.78. The van der Waals surface area contributed by atoms with Gasteiger partial charge in [0.1, 0.15) is 11.8 Å². The van der Waals surface area contributed by atoms with Crippen LogP contribution in [0.4, 0.5) is 0 Å². The molecule has 1 aromatic rings. The van der Waals surface area contributed by atoms with E-state index in [-0.39, 0.29) is 0 Å². The van der Waals surface area contributed by atoms with Crippen LogP contribution in [0.3, 0.4) is 0 Å². The van der Waals surface area contributed by atoms with Crippen molar-refractivity contribution in [1.29, 1.82) is 5.26 Å². The van der Waals surface area contributed by atoms with Crippen molar-refractivity contribution in [1.82, 2.24) is 10.6 Å². The van der Waals surface area contributed by atoms with E-state index < -0.39 is 0 Å². The van der Waals surface area contributed by atoms with Crippen LogP contribution in [0.1, 0.15) is 17.2 Å². The third-order valence-electron chi connectivity index (χ3n) is 2.79. The van der Waals surface area contributed by atoms with Gasteiger partial charge in [0.15, 0.2) is 0 Å².